The second kappa shape index (κ2) is 5.26. The highest BCUT2D eigenvalue weighted by atomic mass is 79.9. The molecular weight excluding hydrogens is 304 g/mol. The zero-order chi connectivity index (χ0) is 11.5. The topological polar surface area (TPSA) is 0 Å². The molecule has 82 valence electrons. The lowest BCUT2D eigenvalue weighted by molar-refractivity contribution is 1.44. The lowest BCUT2D eigenvalue weighted by Crippen LogP contribution is -1.83. The molecule has 0 saturated carbocycles. The largest absolute Gasteiger partial charge is 0.129 e. The average Bonchev–Trinajstić information content (AvgIpc) is 2.32. The molecule has 2 aromatic rings. The third-order valence-electron chi connectivity index (χ3n) is 2.33. The van der Waals surface area contributed by atoms with Crippen molar-refractivity contribution in [3.63, 3.8) is 0 Å². The molecule has 0 aromatic heterocycles. The van der Waals surface area contributed by atoms with Gasteiger partial charge in [0.1, 0.15) is 0 Å². The maximum atomic E-state index is 6.23. The first-order valence-electron chi connectivity index (χ1n) is 4.81. The van der Waals surface area contributed by atoms with E-state index >= 15 is 0 Å². The highest BCUT2D eigenvalue weighted by Crippen LogP contribution is 2.35. The molecule has 0 atom stereocenters. The fourth-order valence-corrected chi connectivity index (χ4v) is 2.76. The minimum Gasteiger partial charge on any atom is -0.129 e. The molecule has 2 aromatic carbocycles. The third-order valence-corrected chi connectivity index (χ3v) is 3.94. The summed E-state index contributed by atoms with van der Waals surface area (Å²) >= 11 is 11.4. The minimum absolute atomic E-state index is 0.782. The van der Waals surface area contributed by atoms with Crippen molar-refractivity contribution in [1.29, 1.82) is 0 Å². The monoisotopic (exact) mass is 312 g/mol. The van der Waals surface area contributed by atoms with Crippen LogP contribution in [0.1, 0.15) is 0 Å². The van der Waals surface area contributed by atoms with E-state index in [4.69, 9.17) is 11.6 Å². The van der Waals surface area contributed by atoms with Crippen molar-refractivity contribution >= 4 is 39.3 Å². The van der Waals surface area contributed by atoms with Gasteiger partial charge in [-0.3, -0.25) is 0 Å². The Bertz CT molecular complexity index is 511. The van der Waals surface area contributed by atoms with Gasteiger partial charge in [0, 0.05) is 20.0 Å². The summed E-state index contributed by atoms with van der Waals surface area (Å²) in [5.41, 5.74) is 2.25. The van der Waals surface area contributed by atoms with Gasteiger partial charge in [0.25, 0.3) is 0 Å². The van der Waals surface area contributed by atoms with Crippen LogP contribution in [0.3, 0.4) is 0 Å². The highest BCUT2D eigenvalue weighted by molar-refractivity contribution is 9.10. The number of halogens is 2. The van der Waals surface area contributed by atoms with Gasteiger partial charge in [-0.1, -0.05) is 45.7 Å². The molecule has 0 nitrogen and oxygen atoms in total. The van der Waals surface area contributed by atoms with E-state index in [1.54, 1.807) is 11.8 Å². The van der Waals surface area contributed by atoms with E-state index in [1.807, 2.05) is 24.3 Å². The molecule has 0 saturated heterocycles. The summed E-state index contributed by atoms with van der Waals surface area (Å²) < 4.78 is 1.04. The van der Waals surface area contributed by atoms with Crippen molar-refractivity contribution in [2.75, 3.05) is 6.26 Å². The van der Waals surface area contributed by atoms with Gasteiger partial charge in [0.15, 0.2) is 0 Å². The molecule has 0 spiro atoms. The summed E-state index contributed by atoms with van der Waals surface area (Å²) in [6.07, 6.45) is 2.07. The second-order valence-electron chi connectivity index (χ2n) is 3.32. The minimum atomic E-state index is 0.782. The molecule has 0 radical (unpaired) electrons. The van der Waals surface area contributed by atoms with Gasteiger partial charge in [-0.15, -0.1) is 11.8 Å². The van der Waals surface area contributed by atoms with Crippen LogP contribution in [-0.2, 0) is 0 Å². The summed E-state index contributed by atoms with van der Waals surface area (Å²) in [5, 5.41) is 0.782. The van der Waals surface area contributed by atoms with Crippen molar-refractivity contribution < 1.29 is 0 Å². The Morgan fingerprint density at radius 3 is 2.56 bits per heavy atom. The van der Waals surface area contributed by atoms with Gasteiger partial charge in [-0.05, 0) is 36.1 Å². The molecule has 0 unspecified atom stereocenters. The van der Waals surface area contributed by atoms with Crippen LogP contribution in [0.4, 0.5) is 0 Å². The van der Waals surface area contributed by atoms with Gasteiger partial charge < -0.3 is 0 Å². The summed E-state index contributed by atoms with van der Waals surface area (Å²) in [7, 11) is 0. The molecule has 16 heavy (non-hydrogen) atoms. The van der Waals surface area contributed by atoms with Crippen LogP contribution in [0.15, 0.2) is 51.8 Å². The van der Waals surface area contributed by atoms with Gasteiger partial charge in [-0.25, -0.2) is 0 Å². The Hall–Kier alpha value is -0.440. The van der Waals surface area contributed by atoms with Crippen LogP contribution in [0.25, 0.3) is 11.1 Å². The normalized spacial score (nSPS) is 10.4. The molecule has 0 fully saturated rings. The van der Waals surface area contributed by atoms with Crippen molar-refractivity contribution in [3.05, 3.63) is 52.0 Å². The van der Waals surface area contributed by atoms with Crippen LogP contribution >= 0.6 is 39.3 Å². The fourth-order valence-electron chi connectivity index (χ4n) is 1.57. The number of hydrogen-bond donors (Lipinski definition) is 0. The van der Waals surface area contributed by atoms with E-state index < -0.39 is 0 Å². The Labute approximate surface area is 113 Å². The average molecular weight is 314 g/mol. The predicted octanol–water partition coefficient (Wildman–Crippen LogP) is 5.49. The molecule has 0 aliphatic heterocycles. The number of hydrogen-bond acceptors (Lipinski definition) is 1. The molecular formula is C13H10BrClS. The van der Waals surface area contributed by atoms with E-state index in [9.17, 15) is 0 Å². The van der Waals surface area contributed by atoms with E-state index in [-0.39, 0.29) is 0 Å². The molecule has 0 aliphatic rings. The summed E-state index contributed by atoms with van der Waals surface area (Å²) in [4.78, 5) is 1.24. The van der Waals surface area contributed by atoms with Crippen LogP contribution in [-0.4, -0.2) is 6.26 Å². The highest BCUT2D eigenvalue weighted by Gasteiger charge is 2.07. The second-order valence-corrected chi connectivity index (χ2v) is 5.50. The SMILES string of the molecule is CSc1ccccc1-c1cc(Br)ccc1Cl. The lowest BCUT2D eigenvalue weighted by Gasteiger charge is -2.09. The number of rotatable bonds is 2. The van der Waals surface area contributed by atoms with Crippen molar-refractivity contribution in [3.8, 4) is 11.1 Å². The first-order valence-corrected chi connectivity index (χ1v) is 7.20. The van der Waals surface area contributed by atoms with Crippen molar-refractivity contribution in [2.45, 2.75) is 4.90 Å². The maximum absolute atomic E-state index is 6.23. The first kappa shape index (κ1) is 12.0. The molecule has 3 heteroatoms. The molecule has 0 bridgehead atoms. The smallest absolute Gasteiger partial charge is 0.0485 e. The molecule has 0 amide bonds. The molecule has 0 heterocycles. The Balaban J connectivity index is 2.62. The van der Waals surface area contributed by atoms with Crippen LogP contribution in [0.2, 0.25) is 5.02 Å². The van der Waals surface area contributed by atoms with Crippen molar-refractivity contribution in [2.24, 2.45) is 0 Å². The van der Waals surface area contributed by atoms with E-state index in [2.05, 4.69) is 40.4 Å². The van der Waals surface area contributed by atoms with Crippen LogP contribution in [0, 0.1) is 0 Å². The number of thioether (sulfide) groups is 1. The van der Waals surface area contributed by atoms with E-state index in [0.29, 0.717) is 0 Å². The van der Waals surface area contributed by atoms with E-state index in [1.165, 1.54) is 10.5 Å². The summed E-state index contributed by atoms with van der Waals surface area (Å²) in [6.45, 7) is 0. The lowest BCUT2D eigenvalue weighted by atomic mass is 10.1. The van der Waals surface area contributed by atoms with Gasteiger partial charge >= 0.3 is 0 Å². The quantitative estimate of drug-likeness (QED) is 0.660. The molecule has 2 rings (SSSR count). The Morgan fingerprint density at radius 2 is 1.81 bits per heavy atom. The summed E-state index contributed by atoms with van der Waals surface area (Å²) in [6, 6.07) is 14.2. The van der Waals surface area contributed by atoms with Crippen molar-refractivity contribution in [1.82, 2.24) is 0 Å². The van der Waals surface area contributed by atoms with Crippen LogP contribution in [0.5, 0.6) is 0 Å². The molecule has 0 N–H and O–H groups in total. The Kier molecular flexibility index (Phi) is 3.95. The maximum Gasteiger partial charge on any atom is 0.0485 e. The Morgan fingerprint density at radius 1 is 1.06 bits per heavy atom. The van der Waals surface area contributed by atoms with Gasteiger partial charge in [-0.2, -0.15) is 0 Å². The van der Waals surface area contributed by atoms with Gasteiger partial charge in [0.2, 0.25) is 0 Å². The van der Waals surface area contributed by atoms with Crippen LogP contribution < -0.4 is 0 Å². The van der Waals surface area contributed by atoms with E-state index in [0.717, 1.165) is 15.1 Å². The third kappa shape index (κ3) is 2.45. The zero-order valence-electron chi connectivity index (χ0n) is 8.71. The summed E-state index contributed by atoms with van der Waals surface area (Å²) in [5.74, 6) is 0. The van der Waals surface area contributed by atoms with Gasteiger partial charge in [0.05, 0.1) is 0 Å². The molecule has 0 aliphatic carbocycles. The standard InChI is InChI=1S/C13H10BrClS/c1-16-13-5-3-2-4-10(13)11-8-9(14)6-7-12(11)15/h2-8H,1H3. The zero-order valence-corrected chi connectivity index (χ0v) is 11.9. The first-order chi connectivity index (χ1) is 7.72. The predicted molar refractivity (Wildman–Crippen MR) is 76.4 cm³/mol. The fraction of sp³-hybridized carbons (Fsp3) is 0.0769. The number of benzene rings is 2.